The molecule has 0 amide bonds. The second-order valence-electron chi connectivity index (χ2n) is 2.84. The largest absolute Gasteiger partial charge is 0.394 e. The van der Waals surface area contributed by atoms with Crippen molar-refractivity contribution in [3.63, 3.8) is 0 Å². The molecule has 0 aliphatic heterocycles. The summed E-state index contributed by atoms with van der Waals surface area (Å²) in [6, 6.07) is 4.58. The van der Waals surface area contributed by atoms with Gasteiger partial charge in [-0.1, -0.05) is 15.9 Å². The molecule has 0 aliphatic rings. The minimum absolute atomic E-state index is 0.120. The molecular formula is C9H11BrFNO2. The molecule has 1 unspecified atom stereocenters. The molecule has 5 heteroatoms. The quantitative estimate of drug-likeness (QED) is 0.769. The number of rotatable bonds is 4. The second kappa shape index (κ2) is 5.29. The summed E-state index contributed by atoms with van der Waals surface area (Å²) < 4.78 is 13.8. The normalized spacial score (nSPS) is 12.6. The molecule has 0 bridgehead atoms. The van der Waals surface area contributed by atoms with Gasteiger partial charge in [-0.05, 0) is 18.2 Å². The van der Waals surface area contributed by atoms with Gasteiger partial charge in [0.05, 0.1) is 18.4 Å². The molecule has 0 saturated carbocycles. The summed E-state index contributed by atoms with van der Waals surface area (Å²) in [4.78, 5) is 0. The van der Waals surface area contributed by atoms with Gasteiger partial charge in [0, 0.05) is 11.0 Å². The summed E-state index contributed by atoms with van der Waals surface area (Å²) in [7, 11) is 0. The van der Waals surface area contributed by atoms with E-state index in [0.717, 1.165) is 0 Å². The lowest BCUT2D eigenvalue weighted by Gasteiger charge is -2.10. The van der Waals surface area contributed by atoms with E-state index in [9.17, 15) is 4.39 Å². The maximum Gasteiger partial charge on any atom is 0.147 e. The lowest BCUT2D eigenvalue weighted by Crippen LogP contribution is -2.23. The predicted molar refractivity (Wildman–Crippen MR) is 55.7 cm³/mol. The van der Waals surface area contributed by atoms with E-state index < -0.39 is 11.9 Å². The summed E-state index contributed by atoms with van der Waals surface area (Å²) in [6.07, 6.45) is -0.877. The van der Waals surface area contributed by atoms with Gasteiger partial charge >= 0.3 is 0 Å². The van der Waals surface area contributed by atoms with Gasteiger partial charge in [-0.2, -0.15) is 0 Å². The van der Waals surface area contributed by atoms with Crippen LogP contribution in [0.5, 0.6) is 0 Å². The van der Waals surface area contributed by atoms with E-state index in [1.165, 1.54) is 6.07 Å². The fourth-order valence-corrected chi connectivity index (χ4v) is 1.26. The van der Waals surface area contributed by atoms with Gasteiger partial charge in [0.15, 0.2) is 0 Å². The molecule has 0 heterocycles. The van der Waals surface area contributed by atoms with Gasteiger partial charge < -0.3 is 15.5 Å². The van der Waals surface area contributed by atoms with Crippen LogP contribution in [0.4, 0.5) is 10.1 Å². The Hall–Kier alpha value is -0.650. The molecule has 0 fully saturated rings. The molecule has 0 aliphatic carbocycles. The Morgan fingerprint density at radius 3 is 2.79 bits per heavy atom. The zero-order chi connectivity index (χ0) is 10.6. The lowest BCUT2D eigenvalue weighted by molar-refractivity contribution is 0.105. The van der Waals surface area contributed by atoms with Crippen molar-refractivity contribution in [1.82, 2.24) is 0 Å². The van der Waals surface area contributed by atoms with Crippen molar-refractivity contribution in [3.8, 4) is 0 Å². The van der Waals surface area contributed by atoms with Crippen molar-refractivity contribution < 1.29 is 14.6 Å². The van der Waals surface area contributed by atoms with E-state index in [1.54, 1.807) is 12.1 Å². The SMILES string of the molecule is OCC(O)CNc1ccc(Br)cc1F. The van der Waals surface area contributed by atoms with E-state index in [2.05, 4.69) is 21.2 Å². The lowest BCUT2D eigenvalue weighted by atomic mass is 10.3. The molecule has 0 saturated heterocycles. The number of benzene rings is 1. The highest BCUT2D eigenvalue weighted by molar-refractivity contribution is 9.10. The number of nitrogens with one attached hydrogen (secondary N) is 1. The summed E-state index contributed by atoms with van der Waals surface area (Å²) in [5.41, 5.74) is 0.306. The number of aliphatic hydroxyl groups is 2. The van der Waals surface area contributed by atoms with Crippen LogP contribution in [0.3, 0.4) is 0 Å². The molecule has 1 aromatic carbocycles. The molecule has 3 nitrogen and oxygen atoms in total. The minimum Gasteiger partial charge on any atom is -0.394 e. The summed E-state index contributed by atoms with van der Waals surface area (Å²) in [5.74, 6) is -0.399. The van der Waals surface area contributed by atoms with Crippen LogP contribution in [0.15, 0.2) is 22.7 Å². The van der Waals surface area contributed by atoms with Crippen molar-refractivity contribution in [2.24, 2.45) is 0 Å². The van der Waals surface area contributed by atoms with Crippen LogP contribution in [0.1, 0.15) is 0 Å². The summed E-state index contributed by atoms with van der Waals surface area (Å²) in [5, 5.41) is 20.2. The maximum atomic E-state index is 13.2. The Kier molecular flexibility index (Phi) is 4.31. The van der Waals surface area contributed by atoms with E-state index in [4.69, 9.17) is 10.2 Å². The highest BCUT2D eigenvalue weighted by Crippen LogP contribution is 2.19. The van der Waals surface area contributed by atoms with E-state index in [-0.39, 0.29) is 13.2 Å². The standard InChI is InChI=1S/C9H11BrFNO2/c10-6-1-2-9(8(11)3-6)12-4-7(14)5-13/h1-3,7,12-14H,4-5H2. The van der Waals surface area contributed by atoms with Crippen LogP contribution >= 0.6 is 15.9 Å². The van der Waals surface area contributed by atoms with Gasteiger partial charge in [-0.3, -0.25) is 0 Å². The van der Waals surface area contributed by atoms with E-state index in [1.807, 2.05) is 0 Å². The topological polar surface area (TPSA) is 52.5 Å². The minimum atomic E-state index is -0.877. The zero-order valence-corrected chi connectivity index (χ0v) is 8.96. The molecule has 1 atom stereocenters. The fourth-order valence-electron chi connectivity index (χ4n) is 0.925. The third-order valence-electron chi connectivity index (χ3n) is 1.67. The van der Waals surface area contributed by atoms with Crippen molar-refractivity contribution in [1.29, 1.82) is 0 Å². The first kappa shape index (κ1) is 11.4. The Bertz CT molecular complexity index is 309. The summed E-state index contributed by atoms with van der Waals surface area (Å²) >= 11 is 3.13. The first-order chi connectivity index (χ1) is 6.63. The average molecular weight is 264 g/mol. The number of anilines is 1. The second-order valence-corrected chi connectivity index (χ2v) is 3.76. The van der Waals surface area contributed by atoms with Crippen molar-refractivity contribution in [3.05, 3.63) is 28.5 Å². The van der Waals surface area contributed by atoms with Crippen molar-refractivity contribution >= 4 is 21.6 Å². The Morgan fingerprint density at radius 1 is 1.50 bits per heavy atom. The molecule has 3 N–H and O–H groups in total. The maximum absolute atomic E-state index is 13.2. The third kappa shape index (κ3) is 3.25. The predicted octanol–water partition coefficient (Wildman–Crippen LogP) is 1.35. The van der Waals surface area contributed by atoms with Crippen LogP contribution in [-0.2, 0) is 0 Å². The third-order valence-corrected chi connectivity index (χ3v) is 2.16. The molecule has 0 radical (unpaired) electrons. The highest BCUT2D eigenvalue weighted by Gasteiger charge is 2.05. The Balaban J connectivity index is 2.59. The summed E-state index contributed by atoms with van der Waals surface area (Å²) in [6.45, 7) is -0.222. The van der Waals surface area contributed by atoms with E-state index in [0.29, 0.717) is 10.2 Å². The smallest absolute Gasteiger partial charge is 0.147 e. The Morgan fingerprint density at radius 2 is 2.21 bits per heavy atom. The number of aliphatic hydroxyl groups excluding tert-OH is 2. The molecule has 1 rings (SSSR count). The number of hydrogen-bond acceptors (Lipinski definition) is 3. The van der Waals surface area contributed by atoms with Crippen LogP contribution in [0.2, 0.25) is 0 Å². The van der Waals surface area contributed by atoms with Crippen molar-refractivity contribution in [2.75, 3.05) is 18.5 Å². The van der Waals surface area contributed by atoms with Gasteiger partial charge in [0.25, 0.3) is 0 Å². The van der Waals surface area contributed by atoms with Crippen LogP contribution in [-0.4, -0.2) is 29.5 Å². The number of hydrogen-bond donors (Lipinski definition) is 3. The zero-order valence-electron chi connectivity index (χ0n) is 7.37. The van der Waals surface area contributed by atoms with Gasteiger partial charge in [0.1, 0.15) is 5.82 Å². The first-order valence-electron chi connectivity index (χ1n) is 4.11. The molecule has 14 heavy (non-hydrogen) atoms. The molecule has 78 valence electrons. The Labute approximate surface area is 89.7 Å². The van der Waals surface area contributed by atoms with E-state index >= 15 is 0 Å². The van der Waals surface area contributed by atoms with Gasteiger partial charge in [0.2, 0.25) is 0 Å². The molecule has 0 spiro atoms. The monoisotopic (exact) mass is 263 g/mol. The molecule has 1 aromatic rings. The van der Waals surface area contributed by atoms with Crippen LogP contribution in [0, 0.1) is 5.82 Å². The van der Waals surface area contributed by atoms with Crippen LogP contribution < -0.4 is 5.32 Å². The average Bonchev–Trinajstić information content (AvgIpc) is 2.16. The fraction of sp³-hybridized carbons (Fsp3) is 0.333. The van der Waals surface area contributed by atoms with Gasteiger partial charge in [-0.15, -0.1) is 0 Å². The van der Waals surface area contributed by atoms with Crippen LogP contribution in [0.25, 0.3) is 0 Å². The molecule has 0 aromatic heterocycles. The highest BCUT2D eigenvalue weighted by atomic mass is 79.9. The number of halogens is 2. The molecular weight excluding hydrogens is 253 g/mol. The first-order valence-corrected chi connectivity index (χ1v) is 4.90. The van der Waals surface area contributed by atoms with Gasteiger partial charge in [-0.25, -0.2) is 4.39 Å². The van der Waals surface area contributed by atoms with Crippen molar-refractivity contribution in [2.45, 2.75) is 6.10 Å².